The van der Waals surface area contributed by atoms with E-state index in [-0.39, 0.29) is 12.1 Å². The number of aliphatic imine (C=N–C) groups is 2. The zero-order valence-corrected chi connectivity index (χ0v) is 28.1. The SMILES string of the molecule is CCCCCCCCCCCCc1ccc(C=N[C@@H]2CCCC[C@@H]2N=Cc2ccc(CCCCCCCC)cc2O)c(O)c1. The van der Waals surface area contributed by atoms with Crippen LogP contribution in [-0.2, 0) is 12.8 Å². The average molecular weight is 603 g/mol. The Labute approximate surface area is 269 Å². The number of phenolic OH excluding ortho intramolecular Hbond substituents is 2. The summed E-state index contributed by atoms with van der Waals surface area (Å²) in [5, 5.41) is 21.4. The number of nitrogens with zero attached hydrogens (tertiary/aromatic N) is 2. The smallest absolute Gasteiger partial charge is 0.124 e. The molecule has 0 aromatic heterocycles. The van der Waals surface area contributed by atoms with Gasteiger partial charge in [-0.3, -0.25) is 9.98 Å². The standard InChI is InChI=1S/C40H62N2O2/c1-3-5-7-9-11-12-13-14-16-18-22-34-26-28-36(40(44)30-34)32-42-38-24-20-19-23-37(38)41-31-35-27-25-33(29-39(35)43)21-17-15-10-8-6-4-2/h25-32,37-38,43-44H,3-24H2,1-2H3/t37-,38+/m0/s1. The maximum Gasteiger partial charge on any atom is 0.124 e. The summed E-state index contributed by atoms with van der Waals surface area (Å²) in [6.45, 7) is 4.52. The van der Waals surface area contributed by atoms with Gasteiger partial charge in [0.1, 0.15) is 11.5 Å². The Morgan fingerprint density at radius 2 is 0.909 bits per heavy atom. The third-order valence-corrected chi connectivity index (χ3v) is 9.33. The minimum absolute atomic E-state index is 0.0971. The van der Waals surface area contributed by atoms with Crippen LogP contribution in [-0.4, -0.2) is 34.7 Å². The second kappa shape index (κ2) is 22.0. The van der Waals surface area contributed by atoms with Crippen molar-refractivity contribution in [2.45, 2.75) is 167 Å². The van der Waals surface area contributed by atoms with Gasteiger partial charge in [-0.1, -0.05) is 129 Å². The largest absolute Gasteiger partial charge is 0.507 e. The van der Waals surface area contributed by atoms with Gasteiger partial charge in [-0.05, 0) is 73.9 Å². The van der Waals surface area contributed by atoms with Crippen LogP contribution in [0, 0.1) is 0 Å². The molecule has 4 heteroatoms. The summed E-state index contributed by atoms with van der Waals surface area (Å²) in [6.07, 6.45) is 31.1. The molecule has 0 amide bonds. The maximum absolute atomic E-state index is 10.7. The number of aromatic hydroxyl groups is 2. The minimum Gasteiger partial charge on any atom is -0.507 e. The van der Waals surface area contributed by atoms with E-state index in [9.17, 15) is 10.2 Å². The summed E-state index contributed by atoms with van der Waals surface area (Å²) >= 11 is 0. The van der Waals surface area contributed by atoms with Crippen LogP contribution in [0.25, 0.3) is 0 Å². The van der Waals surface area contributed by atoms with E-state index in [1.54, 1.807) is 0 Å². The second-order valence-electron chi connectivity index (χ2n) is 13.2. The summed E-state index contributed by atoms with van der Waals surface area (Å²) in [6, 6.07) is 12.3. The van der Waals surface area contributed by atoms with Gasteiger partial charge in [0.15, 0.2) is 0 Å². The van der Waals surface area contributed by atoms with Crippen molar-refractivity contribution < 1.29 is 10.2 Å². The molecule has 2 aromatic rings. The first kappa shape index (κ1) is 35.9. The van der Waals surface area contributed by atoms with Gasteiger partial charge in [-0.15, -0.1) is 0 Å². The van der Waals surface area contributed by atoms with E-state index >= 15 is 0 Å². The Bertz CT molecular complexity index is 1110. The molecule has 0 spiro atoms. The molecule has 0 saturated heterocycles. The molecule has 44 heavy (non-hydrogen) atoms. The lowest BCUT2D eigenvalue weighted by Crippen LogP contribution is -2.27. The van der Waals surface area contributed by atoms with Crippen molar-refractivity contribution in [1.29, 1.82) is 0 Å². The molecule has 0 bridgehead atoms. The molecular weight excluding hydrogens is 540 g/mol. The summed E-state index contributed by atoms with van der Waals surface area (Å²) in [4.78, 5) is 9.79. The molecule has 1 aliphatic carbocycles. The number of hydrogen-bond donors (Lipinski definition) is 2. The molecule has 4 nitrogen and oxygen atoms in total. The Morgan fingerprint density at radius 1 is 0.545 bits per heavy atom. The highest BCUT2D eigenvalue weighted by Gasteiger charge is 2.23. The van der Waals surface area contributed by atoms with Gasteiger partial charge >= 0.3 is 0 Å². The van der Waals surface area contributed by atoms with Gasteiger partial charge in [0.2, 0.25) is 0 Å². The highest BCUT2D eigenvalue weighted by atomic mass is 16.3. The van der Waals surface area contributed by atoms with Crippen molar-refractivity contribution >= 4 is 12.4 Å². The average Bonchev–Trinajstić information content (AvgIpc) is 3.03. The maximum atomic E-state index is 10.7. The molecule has 1 aliphatic rings. The van der Waals surface area contributed by atoms with E-state index in [0.29, 0.717) is 11.5 Å². The Morgan fingerprint density at radius 3 is 1.27 bits per heavy atom. The van der Waals surface area contributed by atoms with Crippen LogP contribution in [0.4, 0.5) is 0 Å². The molecule has 3 rings (SSSR count). The van der Waals surface area contributed by atoms with E-state index in [2.05, 4.69) is 26.0 Å². The Balaban J connectivity index is 1.43. The number of rotatable bonds is 22. The highest BCUT2D eigenvalue weighted by molar-refractivity contribution is 5.84. The topological polar surface area (TPSA) is 65.2 Å². The summed E-state index contributed by atoms with van der Waals surface area (Å²) in [5.41, 5.74) is 3.96. The minimum atomic E-state index is 0.0971. The molecule has 1 fully saturated rings. The molecule has 1 saturated carbocycles. The fourth-order valence-electron chi connectivity index (χ4n) is 6.43. The summed E-state index contributed by atoms with van der Waals surface area (Å²) in [7, 11) is 0. The fraction of sp³-hybridized carbons (Fsp3) is 0.650. The van der Waals surface area contributed by atoms with Crippen LogP contribution >= 0.6 is 0 Å². The van der Waals surface area contributed by atoms with Gasteiger partial charge in [0.05, 0.1) is 12.1 Å². The number of benzene rings is 2. The highest BCUT2D eigenvalue weighted by Crippen LogP contribution is 2.26. The van der Waals surface area contributed by atoms with Gasteiger partial charge in [-0.2, -0.15) is 0 Å². The van der Waals surface area contributed by atoms with Gasteiger partial charge in [0, 0.05) is 23.6 Å². The van der Waals surface area contributed by atoms with Crippen LogP contribution in [0.15, 0.2) is 46.4 Å². The Kier molecular flexibility index (Phi) is 17.9. The molecule has 244 valence electrons. The van der Waals surface area contributed by atoms with Crippen molar-refractivity contribution in [3.05, 3.63) is 58.7 Å². The van der Waals surface area contributed by atoms with E-state index in [1.807, 2.05) is 36.7 Å². The van der Waals surface area contributed by atoms with Crippen LogP contribution in [0.3, 0.4) is 0 Å². The third-order valence-electron chi connectivity index (χ3n) is 9.33. The molecule has 0 unspecified atom stereocenters. The zero-order valence-electron chi connectivity index (χ0n) is 28.1. The third kappa shape index (κ3) is 14.0. The predicted molar refractivity (Wildman–Crippen MR) is 190 cm³/mol. The van der Waals surface area contributed by atoms with Gasteiger partial charge in [-0.25, -0.2) is 0 Å². The molecule has 2 N–H and O–H groups in total. The number of aryl methyl sites for hydroxylation is 2. The summed E-state index contributed by atoms with van der Waals surface area (Å²) < 4.78 is 0. The number of hydrogen-bond acceptors (Lipinski definition) is 4. The van der Waals surface area contributed by atoms with Crippen LogP contribution in [0.2, 0.25) is 0 Å². The lowest BCUT2D eigenvalue weighted by molar-refractivity contribution is 0.390. The van der Waals surface area contributed by atoms with Gasteiger partial charge < -0.3 is 10.2 Å². The fourth-order valence-corrected chi connectivity index (χ4v) is 6.43. The lowest BCUT2D eigenvalue weighted by atomic mass is 9.91. The second-order valence-corrected chi connectivity index (χ2v) is 13.2. The molecule has 0 radical (unpaired) electrons. The van der Waals surface area contributed by atoms with E-state index < -0.39 is 0 Å². The van der Waals surface area contributed by atoms with E-state index in [4.69, 9.17) is 9.98 Å². The summed E-state index contributed by atoms with van der Waals surface area (Å²) in [5.74, 6) is 0.635. The van der Waals surface area contributed by atoms with Crippen molar-refractivity contribution in [1.82, 2.24) is 0 Å². The molecular formula is C40H62N2O2. The number of unbranched alkanes of at least 4 members (excludes halogenated alkanes) is 14. The van der Waals surface area contributed by atoms with Crippen LogP contribution in [0.1, 0.15) is 165 Å². The first-order chi connectivity index (χ1) is 21.6. The molecule has 2 aromatic carbocycles. The lowest BCUT2D eigenvalue weighted by Gasteiger charge is -2.25. The molecule has 0 aliphatic heterocycles. The van der Waals surface area contributed by atoms with Crippen molar-refractivity contribution in [3.63, 3.8) is 0 Å². The van der Waals surface area contributed by atoms with Gasteiger partial charge in [0.25, 0.3) is 0 Å². The molecule has 0 heterocycles. The first-order valence-corrected chi connectivity index (χ1v) is 18.3. The monoisotopic (exact) mass is 602 g/mol. The van der Waals surface area contributed by atoms with Crippen molar-refractivity contribution in [3.8, 4) is 11.5 Å². The quantitative estimate of drug-likeness (QED) is 0.104. The van der Waals surface area contributed by atoms with Crippen LogP contribution < -0.4 is 0 Å². The van der Waals surface area contributed by atoms with Crippen molar-refractivity contribution in [2.75, 3.05) is 0 Å². The Hall–Kier alpha value is -2.62. The van der Waals surface area contributed by atoms with E-state index in [1.165, 1.54) is 114 Å². The van der Waals surface area contributed by atoms with E-state index in [0.717, 1.165) is 49.7 Å². The van der Waals surface area contributed by atoms with Crippen molar-refractivity contribution in [2.24, 2.45) is 9.98 Å². The predicted octanol–water partition coefficient (Wildman–Crippen LogP) is 11.3. The molecule has 2 atom stereocenters. The first-order valence-electron chi connectivity index (χ1n) is 18.3. The number of phenols is 2. The normalized spacial score (nSPS) is 17.2. The van der Waals surface area contributed by atoms with Crippen LogP contribution in [0.5, 0.6) is 11.5 Å². The zero-order chi connectivity index (χ0) is 31.2.